The molecule has 0 spiro atoms. The third-order valence-electron chi connectivity index (χ3n) is 3.58. The second kappa shape index (κ2) is 5.10. The summed E-state index contributed by atoms with van der Waals surface area (Å²) in [6.07, 6.45) is 0.555. The average molecular weight is 261 g/mol. The van der Waals surface area contributed by atoms with Gasteiger partial charge in [0, 0.05) is 0 Å². The Kier molecular flexibility index (Phi) is 3.67. The van der Waals surface area contributed by atoms with Crippen LogP contribution < -0.4 is 5.73 Å². The van der Waals surface area contributed by atoms with Gasteiger partial charge in [0.1, 0.15) is 11.6 Å². The Morgan fingerprint density at radius 1 is 1.05 bits per heavy atom. The third kappa shape index (κ3) is 2.51. The van der Waals surface area contributed by atoms with E-state index < -0.39 is 5.54 Å². The van der Waals surface area contributed by atoms with Crippen molar-refractivity contribution in [2.45, 2.75) is 25.8 Å². The maximum Gasteiger partial charge on any atom is 0.126 e. The third-order valence-corrected chi connectivity index (χ3v) is 3.58. The van der Waals surface area contributed by atoms with Crippen molar-refractivity contribution < 1.29 is 8.78 Å². The largest absolute Gasteiger partial charge is 0.318 e. The van der Waals surface area contributed by atoms with E-state index in [4.69, 9.17) is 5.73 Å². The van der Waals surface area contributed by atoms with Crippen molar-refractivity contribution in [1.29, 1.82) is 0 Å². The average Bonchev–Trinajstić information content (AvgIpc) is 2.41. The zero-order valence-electron chi connectivity index (χ0n) is 11.1. The van der Waals surface area contributed by atoms with E-state index in [0.29, 0.717) is 23.1 Å². The van der Waals surface area contributed by atoms with Crippen LogP contribution in [0.2, 0.25) is 0 Å². The van der Waals surface area contributed by atoms with Gasteiger partial charge in [-0.3, -0.25) is 0 Å². The molecule has 2 aromatic rings. The van der Waals surface area contributed by atoms with Gasteiger partial charge in [-0.1, -0.05) is 31.2 Å². The molecule has 0 amide bonds. The summed E-state index contributed by atoms with van der Waals surface area (Å²) in [5.41, 5.74) is 7.39. The summed E-state index contributed by atoms with van der Waals surface area (Å²) in [7, 11) is 0. The van der Waals surface area contributed by atoms with Crippen LogP contribution in [0, 0.1) is 18.6 Å². The molecule has 2 rings (SSSR count). The van der Waals surface area contributed by atoms with Gasteiger partial charge in [-0.25, -0.2) is 8.78 Å². The zero-order chi connectivity index (χ0) is 14.0. The van der Waals surface area contributed by atoms with Crippen LogP contribution in [0.4, 0.5) is 8.78 Å². The van der Waals surface area contributed by atoms with Crippen LogP contribution in [0.1, 0.15) is 30.0 Å². The summed E-state index contributed by atoms with van der Waals surface area (Å²) in [6.45, 7) is 3.61. The first kappa shape index (κ1) is 13.7. The van der Waals surface area contributed by atoms with Gasteiger partial charge in [0.2, 0.25) is 0 Å². The molecule has 0 saturated heterocycles. The molecule has 1 atom stereocenters. The second-order valence-electron chi connectivity index (χ2n) is 4.80. The summed E-state index contributed by atoms with van der Waals surface area (Å²) in [5.74, 6) is -0.634. The molecule has 2 N–H and O–H groups in total. The van der Waals surface area contributed by atoms with E-state index in [9.17, 15) is 8.78 Å². The lowest BCUT2D eigenvalue weighted by Gasteiger charge is -2.29. The van der Waals surface area contributed by atoms with Crippen LogP contribution >= 0.6 is 0 Å². The smallest absolute Gasteiger partial charge is 0.126 e. The Morgan fingerprint density at radius 3 is 2.32 bits per heavy atom. The van der Waals surface area contributed by atoms with Crippen molar-refractivity contribution in [3.63, 3.8) is 0 Å². The van der Waals surface area contributed by atoms with E-state index in [2.05, 4.69) is 0 Å². The number of halogens is 2. The first-order valence-corrected chi connectivity index (χ1v) is 6.29. The van der Waals surface area contributed by atoms with E-state index in [1.165, 1.54) is 18.2 Å². The lowest BCUT2D eigenvalue weighted by atomic mass is 9.81. The van der Waals surface area contributed by atoms with E-state index >= 15 is 0 Å². The fourth-order valence-corrected chi connectivity index (χ4v) is 2.21. The number of rotatable bonds is 3. The van der Waals surface area contributed by atoms with Gasteiger partial charge in [-0.15, -0.1) is 0 Å². The first-order valence-electron chi connectivity index (χ1n) is 6.29. The summed E-state index contributed by atoms with van der Waals surface area (Å²) in [4.78, 5) is 0. The summed E-state index contributed by atoms with van der Waals surface area (Å²) < 4.78 is 27.1. The second-order valence-corrected chi connectivity index (χ2v) is 4.80. The Morgan fingerprint density at radius 2 is 1.74 bits per heavy atom. The Hall–Kier alpha value is -1.74. The van der Waals surface area contributed by atoms with Crippen molar-refractivity contribution in [3.05, 3.63) is 70.8 Å². The highest BCUT2D eigenvalue weighted by atomic mass is 19.1. The van der Waals surface area contributed by atoms with Crippen molar-refractivity contribution in [2.24, 2.45) is 5.73 Å². The highest BCUT2D eigenvalue weighted by Crippen LogP contribution is 2.31. The molecular formula is C16H17F2N. The molecule has 0 fully saturated rings. The van der Waals surface area contributed by atoms with E-state index in [-0.39, 0.29) is 11.6 Å². The van der Waals surface area contributed by atoms with Crippen molar-refractivity contribution in [1.82, 2.24) is 0 Å². The maximum atomic E-state index is 13.7. The molecule has 0 aliphatic carbocycles. The van der Waals surface area contributed by atoms with Gasteiger partial charge in [0.15, 0.2) is 0 Å². The fraction of sp³-hybridized carbons (Fsp3) is 0.250. The monoisotopic (exact) mass is 261 g/mol. The van der Waals surface area contributed by atoms with Crippen LogP contribution in [0.25, 0.3) is 0 Å². The molecule has 1 unspecified atom stereocenters. The van der Waals surface area contributed by atoms with E-state index in [1.54, 1.807) is 31.2 Å². The summed E-state index contributed by atoms with van der Waals surface area (Å²) in [5, 5.41) is 0. The first-order chi connectivity index (χ1) is 8.97. The summed E-state index contributed by atoms with van der Waals surface area (Å²) in [6, 6.07) is 11.1. The molecule has 19 heavy (non-hydrogen) atoms. The molecule has 3 heteroatoms. The summed E-state index contributed by atoms with van der Waals surface area (Å²) >= 11 is 0. The Balaban J connectivity index is 2.56. The molecule has 1 nitrogen and oxygen atoms in total. The lowest BCUT2D eigenvalue weighted by Crippen LogP contribution is -2.37. The number of hydrogen-bond acceptors (Lipinski definition) is 1. The van der Waals surface area contributed by atoms with Crippen LogP contribution in [-0.2, 0) is 5.54 Å². The highest BCUT2D eigenvalue weighted by Gasteiger charge is 2.28. The van der Waals surface area contributed by atoms with Crippen molar-refractivity contribution >= 4 is 0 Å². The van der Waals surface area contributed by atoms with Crippen LogP contribution in [0.5, 0.6) is 0 Å². The molecule has 0 aliphatic rings. The van der Waals surface area contributed by atoms with Gasteiger partial charge in [-0.2, -0.15) is 0 Å². The van der Waals surface area contributed by atoms with Crippen LogP contribution in [0.3, 0.4) is 0 Å². The molecular weight excluding hydrogens is 244 g/mol. The Labute approximate surface area is 112 Å². The Bertz CT molecular complexity index is 595. The SMILES string of the molecule is CCC(N)(c1cccc(F)c1)c1ccc(C)c(F)c1. The van der Waals surface area contributed by atoms with Gasteiger partial charge < -0.3 is 5.73 Å². The normalized spacial score (nSPS) is 14.2. The van der Waals surface area contributed by atoms with Crippen molar-refractivity contribution in [3.8, 4) is 0 Å². The highest BCUT2D eigenvalue weighted by molar-refractivity contribution is 5.39. The van der Waals surface area contributed by atoms with Crippen LogP contribution in [0.15, 0.2) is 42.5 Å². The van der Waals surface area contributed by atoms with E-state index in [0.717, 1.165) is 0 Å². The molecule has 0 bridgehead atoms. The molecule has 0 radical (unpaired) electrons. The van der Waals surface area contributed by atoms with Crippen LogP contribution in [-0.4, -0.2) is 0 Å². The molecule has 0 heterocycles. The zero-order valence-corrected chi connectivity index (χ0v) is 11.1. The van der Waals surface area contributed by atoms with Gasteiger partial charge in [-0.05, 0) is 48.2 Å². The molecule has 0 saturated carbocycles. The predicted octanol–water partition coefficient (Wildman–Crippen LogP) is 3.89. The molecule has 100 valence electrons. The number of hydrogen-bond donors (Lipinski definition) is 1. The standard InChI is InChI=1S/C16H17F2N/c1-3-16(19,12-5-4-6-14(17)9-12)13-8-7-11(2)15(18)10-13/h4-10H,3,19H2,1-2H3. The quantitative estimate of drug-likeness (QED) is 0.891. The minimum atomic E-state index is -0.878. The maximum absolute atomic E-state index is 13.7. The minimum absolute atomic E-state index is 0.294. The predicted molar refractivity (Wildman–Crippen MR) is 72.8 cm³/mol. The van der Waals surface area contributed by atoms with E-state index in [1.807, 2.05) is 6.92 Å². The van der Waals surface area contributed by atoms with Crippen molar-refractivity contribution in [2.75, 3.05) is 0 Å². The van der Waals surface area contributed by atoms with Gasteiger partial charge in [0.05, 0.1) is 5.54 Å². The number of nitrogens with two attached hydrogens (primary N) is 1. The number of benzene rings is 2. The molecule has 0 aromatic heterocycles. The molecule has 0 aliphatic heterocycles. The number of aryl methyl sites for hydroxylation is 1. The molecule has 2 aromatic carbocycles. The lowest BCUT2D eigenvalue weighted by molar-refractivity contribution is 0.506. The minimum Gasteiger partial charge on any atom is -0.318 e. The van der Waals surface area contributed by atoms with Gasteiger partial charge in [0.25, 0.3) is 0 Å². The topological polar surface area (TPSA) is 26.0 Å². The van der Waals surface area contributed by atoms with Gasteiger partial charge >= 0.3 is 0 Å². The fourth-order valence-electron chi connectivity index (χ4n) is 2.21.